The number of carbonyl (C=O) groups excluding carboxylic acids is 1. The zero-order valence-electron chi connectivity index (χ0n) is 12.5. The normalized spacial score (nSPS) is 17.6. The van der Waals surface area contributed by atoms with E-state index in [9.17, 15) is 4.79 Å². The van der Waals surface area contributed by atoms with Crippen LogP contribution in [0.1, 0.15) is 31.4 Å². The Morgan fingerprint density at radius 3 is 2.67 bits per heavy atom. The monoisotopic (exact) mass is 292 g/mol. The maximum Gasteiger partial charge on any atom is 0.315 e. The molecule has 5 heteroatoms. The Morgan fingerprint density at radius 2 is 2.10 bits per heavy atom. The van der Waals surface area contributed by atoms with Crippen molar-refractivity contribution >= 4 is 6.03 Å². The van der Waals surface area contributed by atoms with Gasteiger partial charge in [0, 0.05) is 18.6 Å². The molecule has 1 fully saturated rings. The smallest absolute Gasteiger partial charge is 0.315 e. The molecule has 0 spiro atoms. The van der Waals surface area contributed by atoms with Gasteiger partial charge in [-0.15, -0.1) is 0 Å². The van der Waals surface area contributed by atoms with Gasteiger partial charge in [0.2, 0.25) is 0 Å². The molecule has 3 N–H and O–H groups in total. The molecule has 1 aromatic rings. The molecule has 21 heavy (non-hydrogen) atoms. The van der Waals surface area contributed by atoms with Gasteiger partial charge in [0.15, 0.2) is 0 Å². The zero-order valence-corrected chi connectivity index (χ0v) is 12.5. The van der Waals surface area contributed by atoms with Crippen LogP contribution in [0.5, 0.6) is 0 Å². The summed E-state index contributed by atoms with van der Waals surface area (Å²) in [7, 11) is 0. The second-order valence-electron chi connectivity index (χ2n) is 5.96. The number of hydrogen-bond donors (Lipinski definition) is 3. The van der Waals surface area contributed by atoms with E-state index >= 15 is 0 Å². The molecule has 0 saturated carbocycles. The van der Waals surface area contributed by atoms with Gasteiger partial charge < -0.3 is 20.5 Å². The lowest BCUT2D eigenvalue weighted by Crippen LogP contribution is -2.50. The maximum atomic E-state index is 12.1. The van der Waals surface area contributed by atoms with Gasteiger partial charge in [0.1, 0.15) is 0 Å². The molecular weight excluding hydrogens is 268 g/mol. The van der Waals surface area contributed by atoms with Crippen LogP contribution >= 0.6 is 0 Å². The molecule has 2 rings (SSSR count). The number of urea groups is 1. The molecule has 1 heterocycles. The van der Waals surface area contributed by atoms with E-state index < -0.39 is 0 Å². The molecule has 0 aromatic heterocycles. The first-order valence-corrected chi connectivity index (χ1v) is 7.41. The van der Waals surface area contributed by atoms with Gasteiger partial charge in [-0.1, -0.05) is 37.3 Å². The molecule has 0 aliphatic carbocycles. The summed E-state index contributed by atoms with van der Waals surface area (Å²) in [6, 6.07) is 9.58. The largest absolute Gasteiger partial charge is 0.396 e. The molecular formula is C16H24N2O3. The predicted molar refractivity (Wildman–Crippen MR) is 81.0 cm³/mol. The van der Waals surface area contributed by atoms with Crippen molar-refractivity contribution in [3.8, 4) is 0 Å². The number of aliphatic hydroxyl groups is 1. The molecule has 1 atom stereocenters. The molecule has 2 amide bonds. The average Bonchev–Trinajstić information content (AvgIpc) is 2.48. The van der Waals surface area contributed by atoms with E-state index in [0.717, 1.165) is 5.56 Å². The molecule has 116 valence electrons. The summed E-state index contributed by atoms with van der Waals surface area (Å²) in [4.78, 5) is 12.1. The summed E-state index contributed by atoms with van der Waals surface area (Å²) in [5, 5.41) is 14.9. The highest BCUT2D eigenvalue weighted by Gasteiger charge is 2.33. The van der Waals surface area contributed by atoms with Crippen molar-refractivity contribution in [3.63, 3.8) is 0 Å². The minimum absolute atomic E-state index is 0.0602. The van der Waals surface area contributed by atoms with E-state index in [1.807, 2.05) is 30.3 Å². The van der Waals surface area contributed by atoms with E-state index in [2.05, 4.69) is 17.6 Å². The number of benzene rings is 1. The van der Waals surface area contributed by atoms with Crippen LogP contribution in [0.4, 0.5) is 4.79 Å². The highest BCUT2D eigenvalue weighted by atomic mass is 16.5. The predicted octanol–water partition coefficient (Wildman–Crippen LogP) is 1.84. The fourth-order valence-electron chi connectivity index (χ4n) is 2.36. The minimum atomic E-state index is -0.171. The van der Waals surface area contributed by atoms with Gasteiger partial charge in [-0.2, -0.15) is 0 Å². The van der Waals surface area contributed by atoms with E-state index in [-0.39, 0.29) is 24.1 Å². The Balaban J connectivity index is 1.87. The lowest BCUT2D eigenvalue weighted by molar-refractivity contribution is -0.0975. The van der Waals surface area contributed by atoms with Crippen molar-refractivity contribution in [1.82, 2.24) is 10.6 Å². The van der Waals surface area contributed by atoms with Crippen molar-refractivity contribution in [2.45, 2.75) is 25.8 Å². The molecule has 1 saturated heterocycles. The van der Waals surface area contributed by atoms with Crippen LogP contribution in [-0.4, -0.2) is 37.5 Å². The van der Waals surface area contributed by atoms with Crippen molar-refractivity contribution in [3.05, 3.63) is 35.9 Å². The number of hydrogen-bond acceptors (Lipinski definition) is 3. The van der Waals surface area contributed by atoms with Gasteiger partial charge in [-0.05, 0) is 18.4 Å². The standard InChI is InChI=1S/C16H24N2O3/c1-16(11-21-12-16)10-17-15(20)18-14(8-5-9-19)13-6-3-2-4-7-13/h2-4,6-7,14,19H,5,8-12H2,1H3,(H2,17,18,20). The molecule has 0 radical (unpaired) electrons. The van der Waals surface area contributed by atoms with Crippen LogP contribution in [0.25, 0.3) is 0 Å². The number of amides is 2. The Hall–Kier alpha value is -1.59. The third kappa shape index (κ3) is 4.72. The first-order valence-electron chi connectivity index (χ1n) is 7.41. The Morgan fingerprint density at radius 1 is 1.38 bits per heavy atom. The van der Waals surface area contributed by atoms with Gasteiger partial charge in [-0.25, -0.2) is 4.79 Å². The number of ether oxygens (including phenoxy) is 1. The quantitative estimate of drug-likeness (QED) is 0.718. The lowest BCUT2D eigenvalue weighted by atomic mass is 9.89. The van der Waals surface area contributed by atoms with E-state index in [0.29, 0.717) is 32.6 Å². The third-order valence-corrected chi connectivity index (χ3v) is 3.73. The highest BCUT2D eigenvalue weighted by molar-refractivity contribution is 5.74. The van der Waals surface area contributed by atoms with Gasteiger partial charge >= 0.3 is 6.03 Å². The lowest BCUT2D eigenvalue weighted by Gasteiger charge is -2.38. The molecule has 1 unspecified atom stereocenters. The van der Waals surface area contributed by atoms with Crippen LogP contribution in [0, 0.1) is 5.41 Å². The SMILES string of the molecule is CC1(CNC(=O)NC(CCCO)c2ccccc2)COC1. The Kier molecular flexibility index (Phi) is 5.59. The summed E-state index contributed by atoms with van der Waals surface area (Å²) in [6.45, 7) is 4.22. The Bertz CT molecular complexity index is 446. The number of aliphatic hydroxyl groups excluding tert-OH is 1. The molecule has 1 aliphatic rings. The van der Waals surface area contributed by atoms with Crippen LogP contribution in [-0.2, 0) is 4.74 Å². The number of carbonyl (C=O) groups is 1. The molecule has 1 aromatic carbocycles. The third-order valence-electron chi connectivity index (χ3n) is 3.73. The second-order valence-corrected chi connectivity index (χ2v) is 5.96. The second kappa shape index (κ2) is 7.43. The number of nitrogens with one attached hydrogen (secondary N) is 2. The van der Waals surface area contributed by atoms with Gasteiger partial charge in [0.05, 0.1) is 19.3 Å². The molecule has 1 aliphatic heterocycles. The summed E-state index contributed by atoms with van der Waals surface area (Å²) in [6.07, 6.45) is 1.37. The van der Waals surface area contributed by atoms with E-state index in [4.69, 9.17) is 9.84 Å². The summed E-state index contributed by atoms with van der Waals surface area (Å²) in [5.74, 6) is 0. The molecule has 0 bridgehead atoms. The zero-order chi connectivity index (χ0) is 15.1. The van der Waals surface area contributed by atoms with E-state index in [1.165, 1.54) is 0 Å². The summed E-state index contributed by atoms with van der Waals surface area (Å²) < 4.78 is 5.17. The fourth-order valence-corrected chi connectivity index (χ4v) is 2.36. The summed E-state index contributed by atoms with van der Waals surface area (Å²) in [5.41, 5.74) is 1.12. The van der Waals surface area contributed by atoms with Crippen LogP contribution in [0.2, 0.25) is 0 Å². The molecule has 5 nitrogen and oxygen atoms in total. The van der Waals surface area contributed by atoms with Crippen LogP contribution in [0.15, 0.2) is 30.3 Å². The van der Waals surface area contributed by atoms with Gasteiger partial charge in [-0.3, -0.25) is 0 Å². The fraction of sp³-hybridized carbons (Fsp3) is 0.562. The maximum absolute atomic E-state index is 12.1. The van der Waals surface area contributed by atoms with Crippen LogP contribution in [0.3, 0.4) is 0 Å². The van der Waals surface area contributed by atoms with Crippen molar-refractivity contribution in [1.29, 1.82) is 0 Å². The van der Waals surface area contributed by atoms with Crippen LogP contribution < -0.4 is 10.6 Å². The van der Waals surface area contributed by atoms with Crippen molar-refractivity contribution in [2.24, 2.45) is 5.41 Å². The van der Waals surface area contributed by atoms with Crippen molar-refractivity contribution < 1.29 is 14.6 Å². The van der Waals surface area contributed by atoms with Crippen molar-refractivity contribution in [2.75, 3.05) is 26.4 Å². The van der Waals surface area contributed by atoms with E-state index in [1.54, 1.807) is 0 Å². The topological polar surface area (TPSA) is 70.6 Å². The number of rotatable bonds is 7. The Labute approximate surface area is 125 Å². The highest BCUT2D eigenvalue weighted by Crippen LogP contribution is 2.25. The average molecular weight is 292 g/mol. The summed E-state index contributed by atoms with van der Waals surface area (Å²) >= 11 is 0. The first kappa shape index (κ1) is 15.8. The minimum Gasteiger partial charge on any atom is -0.396 e. The first-order chi connectivity index (χ1) is 10.1. The van der Waals surface area contributed by atoms with Gasteiger partial charge in [0.25, 0.3) is 0 Å².